The van der Waals surface area contributed by atoms with E-state index in [1.165, 1.54) is 0 Å². The van der Waals surface area contributed by atoms with Gasteiger partial charge in [-0.1, -0.05) is 49.3 Å². The Bertz CT molecular complexity index is 678. The molecule has 1 aromatic carbocycles. The predicted molar refractivity (Wildman–Crippen MR) is 83.7 cm³/mol. The van der Waals surface area contributed by atoms with E-state index in [1.54, 1.807) is 6.07 Å². The Morgan fingerprint density at radius 2 is 1.95 bits per heavy atom. The monoisotopic (exact) mass is 312 g/mol. The van der Waals surface area contributed by atoms with Crippen LogP contribution in [0.3, 0.4) is 0 Å². The molecule has 0 aliphatic heterocycles. The lowest BCUT2D eigenvalue weighted by Crippen LogP contribution is -2.02. The number of halogens is 2. The molecule has 0 bridgehead atoms. The summed E-state index contributed by atoms with van der Waals surface area (Å²) in [5.74, 6) is 1.13. The molecule has 1 N–H and O–H groups in total. The van der Waals surface area contributed by atoms with Crippen LogP contribution in [-0.4, -0.2) is 9.97 Å². The van der Waals surface area contributed by atoms with Crippen LogP contribution in [0.5, 0.6) is 0 Å². The fourth-order valence-corrected chi connectivity index (χ4v) is 2.49. The standard InChI is InChI=1S/C14H14Cl2N2S/c1-7(2)13-17-12(8(3)14(19)18-13)10-5-4-9(15)6-11(10)16/h4-7H,1-3H3,(H,17,18,19). The molecule has 0 fully saturated rings. The first kappa shape index (κ1) is 14.5. The van der Waals surface area contributed by atoms with Gasteiger partial charge >= 0.3 is 0 Å². The lowest BCUT2D eigenvalue weighted by atomic mass is 10.1. The van der Waals surface area contributed by atoms with Crippen LogP contribution in [0.25, 0.3) is 11.3 Å². The topological polar surface area (TPSA) is 28.7 Å². The molecule has 2 nitrogen and oxygen atoms in total. The molecular weight excluding hydrogens is 299 g/mol. The Hall–Kier alpha value is -0.900. The fourth-order valence-electron chi connectivity index (χ4n) is 1.78. The van der Waals surface area contributed by atoms with E-state index in [0.29, 0.717) is 14.7 Å². The van der Waals surface area contributed by atoms with Crippen LogP contribution in [0.15, 0.2) is 18.2 Å². The molecule has 2 rings (SSSR count). The largest absolute Gasteiger partial charge is 0.343 e. The quantitative estimate of drug-likeness (QED) is 0.737. The molecular formula is C14H14Cl2N2S. The van der Waals surface area contributed by atoms with Crippen LogP contribution < -0.4 is 0 Å². The minimum atomic E-state index is 0.270. The number of hydrogen-bond donors (Lipinski definition) is 1. The zero-order valence-corrected chi connectivity index (χ0v) is 13.2. The number of nitrogens with zero attached hydrogens (tertiary/aromatic N) is 1. The van der Waals surface area contributed by atoms with Gasteiger partial charge in [0.15, 0.2) is 0 Å². The number of aromatic nitrogens is 2. The van der Waals surface area contributed by atoms with E-state index < -0.39 is 0 Å². The summed E-state index contributed by atoms with van der Waals surface area (Å²) in [6.45, 7) is 6.07. The Balaban J connectivity index is 2.70. The first-order valence-electron chi connectivity index (χ1n) is 5.96. The van der Waals surface area contributed by atoms with Crippen molar-refractivity contribution >= 4 is 35.4 Å². The van der Waals surface area contributed by atoms with Crippen molar-refractivity contribution in [1.82, 2.24) is 9.97 Å². The van der Waals surface area contributed by atoms with Crippen LogP contribution in [-0.2, 0) is 0 Å². The zero-order valence-electron chi connectivity index (χ0n) is 10.9. The van der Waals surface area contributed by atoms with Crippen LogP contribution in [0, 0.1) is 11.6 Å². The second-order valence-electron chi connectivity index (χ2n) is 4.71. The van der Waals surface area contributed by atoms with Crippen LogP contribution in [0.4, 0.5) is 0 Å². The molecule has 0 aliphatic carbocycles. The van der Waals surface area contributed by atoms with Gasteiger partial charge in [0.25, 0.3) is 0 Å². The third kappa shape index (κ3) is 2.99. The highest BCUT2D eigenvalue weighted by atomic mass is 35.5. The molecule has 0 unspecified atom stereocenters. The van der Waals surface area contributed by atoms with Crippen molar-refractivity contribution in [2.24, 2.45) is 0 Å². The second-order valence-corrected chi connectivity index (χ2v) is 5.94. The highest BCUT2D eigenvalue weighted by molar-refractivity contribution is 7.71. The molecule has 0 atom stereocenters. The van der Waals surface area contributed by atoms with Crippen LogP contribution in [0.2, 0.25) is 10.0 Å². The average Bonchev–Trinajstić information content (AvgIpc) is 2.33. The highest BCUT2D eigenvalue weighted by Crippen LogP contribution is 2.31. The summed E-state index contributed by atoms with van der Waals surface area (Å²) in [6.07, 6.45) is 0. The van der Waals surface area contributed by atoms with Crippen molar-refractivity contribution in [3.8, 4) is 11.3 Å². The van der Waals surface area contributed by atoms with Crippen LogP contribution in [0.1, 0.15) is 31.2 Å². The number of nitrogens with one attached hydrogen (secondary N) is 1. The first-order chi connectivity index (χ1) is 8.90. The van der Waals surface area contributed by atoms with Crippen molar-refractivity contribution in [3.63, 3.8) is 0 Å². The lowest BCUT2D eigenvalue weighted by Gasteiger charge is -2.13. The lowest BCUT2D eigenvalue weighted by molar-refractivity contribution is 0.770. The van der Waals surface area contributed by atoms with Crippen molar-refractivity contribution in [2.45, 2.75) is 26.7 Å². The molecule has 1 heterocycles. The van der Waals surface area contributed by atoms with Gasteiger partial charge in [-0.2, -0.15) is 0 Å². The van der Waals surface area contributed by atoms with E-state index in [0.717, 1.165) is 22.6 Å². The van der Waals surface area contributed by atoms with E-state index in [-0.39, 0.29) is 5.92 Å². The number of hydrogen-bond acceptors (Lipinski definition) is 2. The van der Waals surface area contributed by atoms with Gasteiger partial charge in [0.1, 0.15) is 10.5 Å². The van der Waals surface area contributed by atoms with Crippen LogP contribution >= 0.6 is 35.4 Å². The number of rotatable bonds is 2. The van der Waals surface area contributed by atoms with E-state index in [2.05, 4.69) is 23.8 Å². The summed E-state index contributed by atoms with van der Waals surface area (Å²) in [5.41, 5.74) is 2.72. The fraction of sp³-hybridized carbons (Fsp3) is 0.286. The van der Waals surface area contributed by atoms with Gasteiger partial charge < -0.3 is 4.98 Å². The Morgan fingerprint density at radius 3 is 2.53 bits per heavy atom. The van der Waals surface area contributed by atoms with Gasteiger partial charge in [0.2, 0.25) is 0 Å². The maximum Gasteiger partial charge on any atom is 0.133 e. The van der Waals surface area contributed by atoms with Gasteiger partial charge in [0.05, 0.1) is 10.7 Å². The van der Waals surface area contributed by atoms with Gasteiger partial charge in [-0.3, -0.25) is 0 Å². The zero-order chi connectivity index (χ0) is 14.2. The molecule has 2 aromatic rings. The molecule has 0 aliphatic rings. The average molecular weight is 313 g/mol. The van der Waals surface area contributed by atoms with Crippen molar-refractivity contribution in [3.05, 3.63) is 44.3 Å². The Morgan fingerprint density at radius 1 is 1.26 bits per heavy atom. The second kappa shape index (κ2) is 5.61. The third-order valence-corrected chi connectivity index (χ3v) is 3.86. The van der Waals surface area contributed by atoms with Gasteiger partial charge in [0, 0.05) is 22.1 Å². The first-order valence-corrected chi connectivity index (χ1v) is 7.12. The maximum absolute atomic E-state index is 6.26. The minimum Gasteiger partial charge on any atom is -0.343 e. The summed E-state index contributed by atoms with van der Waals surface area (Å²) in [6, 6.07) is 5.43. The summed E-state index contributed by atoms with van der Waals surface area (Å²) in [4.78, 5) is 7.72. The molecule has 0 radical (unpaired) electrons. The van der Waals surface area contributed by atoms with Crippen molar-refractivity contribution in [2.75, 3.05) is 0 Å². The molecule has 19 heavy (non-hydrogen) atoms. The maximum atomic E-state index is 6.26. The Labute approximate surface area is 127 Å². The normalized spacial score (nSPS) is 11.1. The summed E-state index contributed by atoms with van der Waals surface area (Å²) in [7, 11) is 0. The molecule has 0 saturated carbocycles. The molecule has 0 saturated heterocycles. The molecule has 0 amide bonds. The minimum absolute atomic E-state index is 0.270. The summed E-state index contributed by atoms with van der Waals surface area (Å²) in [5, 5.41) is 1.21. The van der Waals surface area contributed by atoms with E-state index >= 15 is 0 Å². The van der Waals surface area contributed by atoms with E-state index in [9.17, 15) is 0 Å². The van der Waals surface area contributed by atoms with Gasteiger partial charge in [-0.15, -0.1) is 0 Å². The van der Waals surface area contributed by atoms with Crippen molar-refractivity contribution in [1.29, 1.82) is 0 Å². The Kier molecular flexibility index (Phi) is 4.29. The molecule has 5 heteroatoms. The smallest absolute Gasteiger partial charge is 0.133 e. The highest BCUT2D eigenvalue weighted by Gasteiger charge is 2.12. The number of aromatic amines is 1. The van der Waals surface area contributed by atoms with Gasteiger partial charge in [-0.05, 0) is 25.1 Å². The van der Waals surface area contributed by atoms with E-state index in [4.69, 9.17) is 35.4 Å². The predicted octanol–water partition coefficient (Wildman–Crippen LogP) is 5.54. The summed E-state index contributed by atoms with van der Waals surface area (Å²) < 4.78 is 0.600. The number of benzene rings is 1. The molecule has 100 valence electrons. The summed E-state index contributed by atoms with van der Waals surface area (Å²) >= 11 is 17.5. The molecule has 0 spiro atoms. The number of H-pyrrole nitrogens is 1. The molecule has 1 aromatic heterocycles. The van der Waals surface area contributed by atoms with Crippen molar-refractivity contribution < 1.29 is 0 Å². The van der Waals surface area contributed by atoms with Gasteiger partial charge in [-0.25, -0.2) is 4.98 Å². The van der Waals surface area contributed by atoms with E-state index in [1.807, 2.05) is 19.1 Å². The third-order valence-electron chi connectivity index (χ3n) is 2.92. The SMILES string of the molecule is Cc1c(-c2ccc(Cl)cc2Cl)[nH]c(C(C)C)nc1=S.